The van der Waals surface area contributed by atoms with Gasteiger partial charge in [0.05, 0.1) is 6.61 Å². The van der Waals surface area contributed by atoms with E-state index in [1.807, 2.05) is 13.8 Å². The Hall–Kier alpha value is -0.610. The Balaban J connectivity index is 2.50. The minimum absolute atomic E-state index is 0.120. The predicted octanol–water partition coefficient (Wildman–Crippen LogP) is 2.96. The van der Waals surface area contributed by atoms with Crippen molar-refractivity contribution in [2.24, 2.45) is 0 Å². The molecule has 2 unspecified atom stereocenters. The highest BCUT2D eigenvalue weighted by Crippen LogP contribution is 2.20. The van der Waals surface area contributed by atoms with Gasteiger partial charge in [0.15, 0.2) is 0 Å². The molecule has 0 aliphatic carbocycles. The Morgan fingerprint density at radius 2 is 2.14 bits per heavy atom. The smallest absolute Gasteiger partial charge is 0.326 e. The minimum atomic E-state index is -0.566. The standard InChI is InChI=1S/C17H34N2O2/c1-6-21-16(20)17(5,18-14(2)3)11-9-13-19-12-8-7-10-15(19)4/h14-15,18H,6-13H2,1-5H3. The van der Waals surface area contributed by atoms with Crippen LogP contribution in [0.3, 0.4) is 0 Å². The first-order valence-corrected chi connectivity index (χ1v) is 8.58. The highest BCUT2D eigenvalue weighted by Gasteiger charge is 2.34. The summed E-state index contributed by atoms with van der Waals surface area (Å²) in [5.41, 5.74) is -0.566. The number of rotatable bonds is 8. The fraction of sp³-hybridized carbons (Fsp3) is 0.941. The number of hydrogen-bond acceptors (Lipinski definition) is 4. The van der Waals surface area contributed by atoms with Crippen LogP contribution >= 0.6 is 0 Å². The van der Waals surface area contributed by atoms with Crippen molar-refractivity contribution in [1.29, 1.82) is 0 Å². The van der Waals surface area contributed by atoms with Gasteiger partial charge in [0, 0.05) is 12.1 Å². The van der Waals surface area contributed by atoms with E-state index in [9.17, 15) is 4.79 Å². The summed E-state index contributed by atoms with van der Waals surface area (Å²) in [7, 11) is 0. The van der Waals surface area contributed by atoms with Crippen LogP contribution in [0, 0.1) is 0 Å². The monoisotopic (exact) mass is 298 g/mol. The second kappa shape index (κ2) is 8.74. The number of carbonyl (C=O) groups is 1. The van der Waals surface area contributed by atoms with E-state index in [-0.39, 0.29) is 12.0 Å². The molecule has 1 saturated heterocycles. The van der Waals surface area contributed by atoms with E-state index in [1.54, 1.807) is 0 Å². The van der Waals surface area contributed by atoms with Crippen LogP contribution in [0.4, 0.5) is 0 Å². The highest BCUT2D eigenvalue weighted by atomic mass is 16.5. The average Bonchev–Trinajstić information content (AvgIpc) is 2.40. The molecule has 0 amide bonds. The summed E-state index contributed by atoms with van der Waals surface area (Å²) in [6.07, 6.45) is 5.82. The van der Waals surface area contributed by atoms with Gasteiger partial charge in [-0.25, -0.2) is 0 Å². The fourth-order valence-corrected chi connectivity index (χ4v) is 3.29. The molecule has 1 aliphatic heterocycles. The molecule has 0 radical (unpaired) electrons. The van der Waals surface area contributed by atoms with Gasteiger partial charge in [-0.15, -0.1) is 0 Å². The van der Waals surface area contributed by atoms with Crippen LogP contribution in [-0.4, -0.2) is 48.2 Å². The van der Waals surface area contributed by atoms with Gasteiger partial charge >= 0.3 is 5.97 Å². The molecule has 0 aromatic heterocycles. The van der Waals surface area contributed by atoms with Crippen LogP contribution in [0.25, 0.3) is 0 Å². The molecular formula is C17H34N2O2. The second-order valence-electron chi connectivity index (χ2n) is 6.84. The van der Waals surface area contributed by atoms with E-state index in [0.29, 0.717) is 12.6 Å². The minimum Gasteiger partial charge on any atom is -0.465 e. The molecule has 1 aliphatic rings. The van der Waals surface area contributed by atoms with Gasteiger partial charge in [0.1, 0.15) is 5.54 Å². The molecule has 0 saturated carbocycles. The molecule has 2 atom stereocenters. The van der Waals surface area contributed by atoms with E-state index in [2.05, 4.69) is 31.0 Å². The third-order valence-electron chi connectivity index (χ3n) is 4.40. The summed E-state index contributed by atoms with van der Waals surface area (Å²) in [5, 5.41) is 3.40. The summed E-state index contributed by atoms with van der Waals surface area (Å²) in [4.78, 5) is 14.8. The topological polar surface area (TPSA) is 41.6 Å². The maximum atomic E-state index is 12.2. The quantitative estimate of drug-likeness (QED) is 0.700. The van der Waals surface area contributed by atoms with E-state index in [0.717, 1.165) is 19.4 Å². The Labute approximate surface area is 130 Å². The number of ether oxygens (including phenoxy) is 1. The van der Waals surface area contributed by atoms with E-state index in [1.165, 1.54) is 25.8 Å². The van der Waals surface area contributed by atoms with Gasteiger partial charge in [0.2, 0.25) is 0 Å². The number of nitrogens with one attached hydrogen (secondary N) is 1. The number of piperidine rings is 1. The van der Waals surface area contributed by atoms with Crippen molar-refractivity contribution in [2.45, 2.75) is 84.3 Å². The van der Waals surface area contributed by atoms with Crippen molar-refractivity contribution in [3.8, 4) is 0 Å². The maximum absolute atomic E-state index is 12.2. The highest BCUT2D eigenvalue weighted by molar-refractivity contribution is 5.80. The summed E-state index contributed by atoms with van der Waals surface area (Å²) >= 11 is 0. The van der Waals surface area contributed by atoms with Crippen LogP contribution in [0.1, 0.15) is 66.7 Å². The average molecular weight is 298 g/mol. The SMILES string of the molecule is CCOC(=O)C(C)(CCCN1CCCCC1C)NC(C)C. The van der Waals surface area contributed by atoms with E-state index in [4.69, 9.17) is 4.74 Å². The van der Waals surface area contributed by atoms with Crippen molar-refractivity contribution in [3.05, 3.63) is 0 Å². The van der Waals surface area contributed by atoms with Crippen LogP contribution < -0.4 is 5.32 Å². The maximum Gasteiger partial charge on any atom is 0.326 e. The predicted molar refractivity (Wildman–Crippen MR) is 87.4 cm³/mol. The van der Waals surface area contributed by atoms with Gasteiger partial charge in [-0.3, -0.25) is 10.1 Å². The van der Waals surface area contributed by atoms with E-state index < -0.39 is 5.54 Å². The normalized spacial score (nSPS) is 23.0. The fourth-order valence-electron chi connectivity index (χ4n) is 3.29. The number of esters is 1. The summed E-state index contributed by atoms with van der Waals surface area (Å²) in [6.45, 7) is 13.0. The molecule has 0 aromatic carbocycles. The van der Waals surface area contributed by atoms with Crippen molar-refractivity contribution in [3.63, 3.8) is 0 Å². The molecule has 4 heteroatoms. The van der Waals surface area contributed by atoms with Crippen LogP contribution in [-0.2, 0) is 9.53 Å². The lowest BCUT2D eigenvalue weighted by molar-refractivity contribution is -0.151. The molecule has 0 aromatic rings. The molecule has 1 heterocycles. The van der Waals surface area contributed by atoms with Crippen molar-refractivity contribution in [2.75, 3.05) is 19.7 Å². The van der Waals surface area contributed by atoms with Gasteiger partial charge in [-0.2, -0.15) is 0 Å². The molecule has 21 heavy (non-hydrogen) atoms. The van der Waals surface area contributed by atoms with Gasteiger partial charge in [-0.1, -0.05) is 6.42 Å². The molecule has 4 nitrogen and oxygen atoms in total. The van der Waals surface area contributed by atoms with Crippen molar-refractivity contribution >= 4 is 5.97 Å². The Morgan fingerprint density at radius 1 is 1.43 bits per heavy atom. The third-order valence-corrected chi connectivity index (χ3v) is 4.40. The lowest BCUT2D eigenvalue weighted by atomic mass is 9.94. The summed E-state index contributed by atoms with van der Waals surface area (Å²) < 4.78 is 5.26. The Bertz CT molecular complexity index is 320. The Morgan fingerprint density at radius 3 is 2.71 bits per heavy atom. The zero-order valence-corrected chi connectivity index (χ0v) is 14.6. The largest absolute Gasteiger partial charge is 0.465 e. The first-order valence-electron chi connectivity index (χ1n) is 8.58. The number of carbonyl (C=O) groups excluding carboxylic acids is 1. The Kier molecular flexibility index (Phi) is 7.67. The molecular weight excluding hydrogens is 264 g/mol. The first-order chi connectivity index (χ1) is 9.89. The lowest BCUT2D eigenvalue weighted by Gasteiger charge is -2.35. The molecule has 1 N–H and O–H groups in total. The molecule has 124 valence electrons. The molecule has 0 spiro atoms. The van der Waals surface area contributed by atoms with Crippen LogP contribution in [0.15, 0.2) is 0 Å². The molecule has 0 bridgehead atoms. The summed E-state index contributed by atoms with van der Waals surface area (Å²) in [5.74, 6) is -0.120. The first kappa shape index (κ1) is 18.4. The van der Waals surface area contributed by atoms with Crippen LogP contribution in [0.5, 0.6) is 0 Å². The van der Waals surface area contributed by atoms with Crippen LogP contribution in [0.2, 0.25) is 0 Å². The number of nitrogens with zero attached hydrogens (tertiary/aromatic N) is 1. The van der Waals surface area contributed by atoms with Gasteiger partial charge in [0.25, 0.3) is 0 Å². The summed E-state index contributed by atoms with van der Waals surface area (Å²) in [6, 6.07) is 0.957. The molecule has 1 fully saturated rings. The van der Waals surface area contributed by atoms with Gasteiger partial charge < -0.3 is 9.64 Å². The number of hydrogen-bond donors (Lipinski definition) is 1. The second-order valence-corrected chi connectivity index (χ2v) is 6.84. The zero-order valence-electron chi connectivity index (χ0n) is 14.6. The van der Waals surface area contributed by atoms with Gasteiger partial charge in [-0.05, 0) is 73.4 Å². The number of likely N-dealkylation sites (tertiary alicyclic amines) is 1. The lowest BCUT2D eigenvalue weighted by Crippen LogP contribution is -2.53. The molecule has 1 rings (SSSR count). The van der Waals surface area contributed by atoms with E-state index >= 15 is 0 Å². The van der Waals surface area contributed by atoms with Crippen molar-refractivity contribution in [1.82, 2.24) is 10.2 Å². The zero-order chi connectivity index (χ0) is 15.9. The van der Waals surface area contributed by atoms with Crippen molar-refractivity contribution < 1.29 is 9.53 Å². The third kappa shape index (κ3) is 5.95.